The van der Waals surface area contributed by atoms with Gasteiger partial charge in [0.2, 0.25) is 6.10 Å². The summed E-state index contributed by atoms with van der Waals surface area (Å²) in [4.78, 5) is 24.4. The van der Waals surface area contributed by atoms with E-state index >= 15 is 0 Å². The topological polar surface area (TPSA) is 100 Å². The highest BCUT2D eigenvalue weighted by Gasteiger charge is 2.26. The third-order valence-corrected chi connectivity index (χ3v) is 4.15. The third kappa shape index (κ3) is 3.59. The lowest BCUT2D eigenvalue weighted by Crippen LogP contribution is -2.26. The summed E-state index contributed by atoms with van der Waals surface area (Å²) < 4.78 is 25.2. The minimum Gasteiger partial charge on any atom is -0.444 e. The summed E-state index contributed by atoms with van der Waals surface area (Å²) in [5, 5.41) is 3.95. The van der Waals surface area contributed by atoms with Gasteiger partial charge in [-0.05, 0) is 39.0 Å². The summed E-state index contributed by atoms with van der Waals surface area (Å²) in [7, 11) is 0. The molecule has 7 nitrogen and oxygen atoms in total. The molecule has 2 aromatic heterocycles. The standard InChI is InChI=1S/C19H18FN3O4/c1-10-8-15(12(3)23(10)16-9-11(2)27-22-16)19(25)26-17(18(21)24)13-4-6-14(20)7-5-13/h4-9,17H,1-3H3,(H2,21,24). The summed E-state index contributed by atoms with van der Waals surface area (Å²) in [6, 6.07) is 8.39. The van der Waals surface area contributed by atoms with Gasteiger partial charge < -0.3 is 15.0 Å². The molecular formula is C19H18FN3O4. The second kappa shape index (κ2) is 7.06. The smallest absolute Gasteiger partial charge is 0.341 e. The molecule has 1 atom stereocenters. The number of rotatable bonds is 5. The summed E-state index contributed by atoms with van der Waals surface area (Å²) in [5.74, 6) is -0.878. The van der Waals surface area contributed by atoms with Gasteiger partial charge in [-0.25, -0.2) is 9.18 Å². The van der Waals surface area contributed by atoms with E-state index < -0.39 is 23.8 Å². The summed E-state index contributed by atoms with van der Waals surface area (Å²) in [6.07, 6.45) is -1.32. The molecule has 2 heterocycles. The quantitative estimate of drug-likeness (QED) is 0.695. The molecule has 0 aliphatic heterocycles. The Kier molecular flexibility index (Phi) is 4.81. The van der Waals surface area contributed by atoms with Gasteiger partial charge in [0.1, 0.15) is 11.6 Å². The van der Waals surface area contributed by atoms with Crippen molar-refractivity contribution in [2.45, 2.75) is 26.9 Å². The van der Waals surface area contributed by atoms with Crippen LogP contribution in [0.25, 0.3) is 5.82 Å². The Balaban J connectivity index is 1.91. The molecular weight excluding hydrogens is 353 g/mol. The number of hydrogen-bond acceptors (Lipinski definition) is 5. The van der Waals surface area contributed by atoms with E-state index in [-0.39, 0.29) is 11.1 Å². The van der Waals surface area contributed by atoms with Gasteiger partial charge in [0.25, 0.3) is 5.91 Å². The zero-order valence-electron chi connectivity index (χ0n) is 15.0. The molecule has 27 heavy (non-hydrogen) atoms. The number of benzene rings is 1. The predicted molar refractivity (Wildman–Crippen MR) is 93.8 cm³/mol. The zero-order chi connectivity index (χ0) is 19.7. The Morgan fingerprint density at radius 3 is 2.41 bits per heavy atom. The van der Waals surface area contributed by atoms with Crippen LogP contribution in [0.3, 0.4) is 0 Å². The van der Waals surface area contributed by atoms with Crippen LogP contribution in [0, 0.1) is 26.6 Å². The molecule has 1 unspecified atom stereocenters. The number of carbonyl (C=O) groups excluding carboxylic acids is 2. The van der Waals surface area contributed by atoms with Gasteiger partial charge in [-0.3, -0.25) is 9.36 Å². The van der Waals surface area contributed by atoms with Crippen LogP contribution < -0.4 is 5.73 Å². The van der Waals surface area contributed by atoms with Crippen molar-refractivity contribution in [2.75, 3.05) is 0 Å². The van der Waals surface area contributed by atoms with Crippen molar-refractivity contribution in [3.63, 3.8) is 0 Å². The van der Waals surface area contributed by atoms with E-state index in [0.717, 1.165) is 17.8 Å². The Bertz CT molecular complexity index is 1000. The normalized spacial score (nSPS) is 12.0. The number of halogens is 1. The Hall–Kier alpha value is -3.42. The third-order valence-electron chi connectivity index (χ3n) is 4.15. The second-order valence-electron chi connectivity index (χ2n) is 6.16. The number of primary amides is 1. The van der Waals surface area contributed by atoms with E-state index in [0.29, 0.717) is 17.3 Å². The number of nitrogens with zero attached hydrogens (tertiary/aromatic N) is 2. The fourth-order valence-corrected chi connectivity index (χ4v) is 2.88. The van der Waals surface area contributed by atoms with E-state index in [1.54, 1.807) is 37.5 Å². The number of aromatic nitrogens is 2. The van der Waals surface area contributed by atoms with Gasteiger partial charge in [0.05, 0.1) is 5.56 Å². The number of aryl methyl sites for hydroxylation is 2. The maximum absolute atomic E-state index is 13.1. The van der Waals surface area contributed by atoms with Crippen molar-refractivity contribution in [2.24, 2.45) is 5.73 Å². The van der Waals surface area contributed by atoms with E-state index in [1.165, 1.54) is 12.1 Å². The van der Waals surface area contributed by atoms with Gasteiger partial charge in [-0.2, -0.15) is 0 Å². The first-order valence-electron chi connectivity index (χ1n) is 8.16. The van der Waals surface area contributed by atoms with Gasteiger partial charge in [0, 0.05) is 23.0 Å². The molecule has 0 saturated heterocycles. The lowest BCUT2D eigenvalue weighted by Gasteiger charge is -2.15. The molecule has 0 spiro atoms. The highest BCUT2D eigenvalue weighted by Crippen LogP contribution is 2.24. The average Bonchev–Trinajstić information content (AvgIpc) is 3.16. The average molecular weight is 371 g/mol. The van der Waals surface area contributed by atoms with Crippen LogP contribution in [0.2, 0.25) is 0 Å². The number of amides is 1. The molecule has 3 rings (SSSR count). The van der Waals surface area contributed by atoms with E-state index in [9.17, 15) is 14.0 Å². The molecule has 140 valence electrons. The number of esters is 1. The van der Waals surface area contributed by atoms with Crippen LogP contribution in [0.4, 0.5) is 4.39 Å². The van der Waals surface area contributed by atoms with Crippen LogP contribution in [-0.4, -0.2) is 21.6 Å². The minimum absolute atomic E-state index is 0.265. The molecule has 8 heteroatoms. The van der Waals surface area contributed by atoms with Crippen molar-refractivity contribution < 1.29 is 23.2 Å². The Morgan fingerprint density at radius 1 is 1.19 bits per heavy atom. The first kappa shape index (κ1) is 18.4. The first-order valence-corrected chi connectivity index (χ1v) is 8.16. The molecule has 0 fully saturated rings. The highest BCUT2D eigenvalue weighted by molar-refractivity contribution is 5.93. The van der Waals surface area contributed by atoms with E-state index in [1.807, 2.05) is 0 Å². The maximum atomic E-state index is 13.1. The number of hydrogen-bond donors (Lipinski definition) is 1. The van der Waals surface area contributed by atoms with Crippen LogP contribution in [0.1, 0.15) is 39.2 Å². The minimum atomic E-state index is -1.32. The molecule has 0 bridgehead atoms. The molecule has 2 N–H and O–H groups in total. The molecule has 0 saturated carbocycles. The Labute approximate surface area is 154 Å². The largest absolute Gasteiger partial charge is 0.444 e. The summed E-state index contributed by atoms with van der Waals surface area (Å²) in [5.41, 5.74) is 7.24. The summed E-state index contributed by atoms with van der Waals surface area (Å²) >= 11 is 0. The van der Waals surface area contributed by atoms with E-state index in [2.05, 4.69) is 5.16 Å². The second-order valence-corrected chi connectivity index (χ2v) is 6.16. The molecule has 3 aromatic rings. The zero-order valence-corrected chi connectivity index (χ0v) is 15.0. The molecule has 0 radical (unpaired) electrons. The molecule has 1 amide bonds. The monoisotopic (exact) mass is 371 g/mol. The fourth-order valence-electron chi connectivity index (χ4n) is 2.88. The van der Waals surface area contributed by atoms with Gasteiger partial charge in [0.15, 0.2) is 5.82 Å². The van der Waals surface area contributed by atoms with Crippen LogP contribution in [0.15, 0.2) is 40.9 Å². The van der Waals surface area contributed by atoms with Crippen LogP contribution in [0.5, 0.6) is 0 Å². The van der Waals surface area contributed by atoms with Crippen molar-refractivity contribution in [1.29, 1.82) is 0 Å². The lowest BCUT2D eigenvalue weighted by atomic mass is 10.1. The molecule has 0 aliphatic rings. The first-order chi connectivity index (χ1) is 12.8. The molecule has 0 aliphatic carbocycles. The maximum Gasteiger partial charge on any atom is 0.341 e. The van der Waals surface area contributed by atoms with Crippen molar-refractivity contribution in [1.82, 2.24) is 9.72 Å². The Morgan fingerprint density at radius 2 is 1.85 bits per heavy atom. The van der Waals surface area contributed by atoms with Crippen molar-refractivity contribution in [3.05, 3.63) is 70.5 Å². The van der Waals surface area contributed by atoms with Crippen molar-refractivity contribution >= 4 is 11.9 Å². The van der Waals surface area contributed by atoms with Gasteiger partial charge >= 0.3 is 5.97 Å². The van der Waals surface area contributed by atoms with Gasteiger partial charge in [-0.1, -0.05) is 17.3 Å². The van der Waals surface area contributed by atoms with Gasteiger partial charge in [-0.15, -0.1) is 0 Å². The summed E-state index contributed by atoms with van der Waals surface area (Å²) in [6.45, 7) is 5.30. The van der Waals surface area contributed by atoms with Crippen LogP contribution in [-0.2, 0) is 9.53 Å². The van der Waals surface area contributed by atoms with Crippen LogP contribution >= 0.6 is 0 Å². The number of carbonyl (C=O) groups is 2. The lowest BCUT2D eigenvalue weighted by molar-refractivity contribution is -0.127. The van der Waals surface area contributed by atoms with E-state index in [4.69, 9.17) is 15.0 Å². The predicted octanol–water partition coefficient (Wildman–Crippen LogP) is 2.91. The number of nitrogens with two attached hydrogens (primary N) is 1. The van der Waals surface area contributed by atoms with Crippen molar-refractivity contribution in [3.8, 4) is 5.82 Å². The SMILES string of the molecule is Cc1cc(-n2c(C)cc(C(=O)OC(C(N)=O)c3ccc(F)cc3)c2C)no1. The highest BCUT2D eigenvalue weighted by atomic mass is 19.1. The fraction of sp³-hybridized carbons (Fsp3) is 0.211. The molecule has 1 aromatic carbocycles. The number of ether oxygens (including phenoxy) is 1.